The van der Waals surface area contributed by atoms with E-state index in [1.165, 1.54) is 19.2 Å². The van der Waals surface area contributed by atoms with Crippen LogP contribution in [0.1, 0.15) is 41.5 Å². The number of hydrogen-bond donors (Lipinski definition) is 0. The molecule has 6 heteroatoms. The molecular formula is C14H16FN3O2. The van der Waals surface area contributed by atoms with E-state index in [-0.39, 0.29) is 17.4 Å². The van der Waals surface area contributed by atoms with Gasteiger partial charge in [-0.05, 0) is 23.6 Å². The second-order valence-electron chi connectivity index (χ2n) is 4.75. The molecule has 0 N–H and O–H groups in total. The predicted octanol–water partition coefficient (Wildman–Crippen LogP) is 2.38. The van der Waals surface area contributed by atoms with E-state index in [2.05, 4.69) is 10.3 Å². The summed E-state index contributed by atoms with van der Waals surface area (Å²) in [6.45, 7) is 4.33. The van der Waals surface area contributed by atoms with Crippen molar-refractivity contribution in [3.63, 3.8) is 0 Å². The van der Waals surface area contributed by atoms with Crippen molar-refractivity contribution in [3.8, 4) is 0 Å². The summed E-state index contributed by atoms with van der Waals surface area (Å²) in [5.41, 5.74) is 1.82. The normalized spacial score (nSPS) is 10.8. The van der Waals surface area contributed by atoms with Crippen LogP contribution >= 0.6 is 0 Å². The third-order valence-electron chi connectivity index (χ3n) is 2.94. The number of hydrogen-bond acceptors (Lipinski definition) is 4. The fraction of sp³-hybridized carbons (Fsp3) is 0.357. The highest BCUT2D eigenvalue weighted by atomic mass is 19.1. The van der Waals surface area contributed by atoms with E-state index < -0.39 is 5.97 Å². The average molecular weight is 277 g/mol. The molecule has 0 radical (unpaired) electrons. The van der Waals surface area contributed by atoms with Crippen molar-refractivity contribution in [2.24, 2.45) is 0 Å². The van der Waals surface area contributed by atoms with E-state index >= 15 is 0 Å². The molecule has 2 rings (SSSR count). The molecule has 0 aliphatic rings. The van der Waals surface area contributed by atoms with Crippen LogP contribution in [-0.2, 0) is 11.3 Å². The van der Waals surface area contributed by atoms with Gasteiger partial charge in [-0.25, -0.2) is 13.9 Å². The maximum absolute atomic E-state index is 12.9. The Hall–Kier alpha value is -2.24. The van der Waals surface area contributed by atoms with Crippen molar-refractivity contribution in [2.75, 3.05) is 7.11 Å². The molecule has 0 aliphatic carbocycles. The molecule has 1 aromatic carbocycles. The number of ether oxygens (including phenoxy) is 1. The van der Waals surface area contributed by atoms with Gasteiger partial charge in [0.25, 0.3) is 0 Å². The lowest BCUT2D eigenvalue weighted by atomic mass is 10.1. The van der Waals surface area contributed by atoms with Gasteiger partial charge in [0.05, 0.1) is 19.3 Å². The van der Waals surface area contributed by atoms with Crippen LogP contribution in [-0.4, -0.2) is 28.1 Å². The standard InChI is InChI=1S/C14H16FN3O2/c1-9(2)13-12(14(19)20-3)16-17-18(13)8-10-4-6-11(15)7-5-10/h4-7,9H,8H2,1-3H3. The molecule has 0 saturated carbocycles. The van der Waals surface area contributed by atoms with E-state index in [9.17, 15) is 9.18 Å². The summed E-state index contributed by atoms with van der Waals surface area (Å²) in [6.07, 6.45) is 0. The zero-order valence-corrected chi connectivity index (χ0v) is 11.6. The van der Waals surface area contributed by atoms with Crippen molar-refractivity contribution in [1.82, 2.24) is 15.0 Å². The lowest BCUT2D eigenvalue weighted by Crippen LogP contribution is -2.12. The van der Waals surface area contributed by atoms with Gasteiger partial charge in [-0.15, -0.1) is 5.10 Å². The molecule has 0 atom stereocenters. The number of carbonyl (C=O) groups is 1. The zero-order chi connectivity index (χ0) is 14.7. The number of nitrogens with zero attached hydrogens (tertiary/aromatic N) is 3. The van der Waals surface area contributed by atoms with Gasteiger partial charge in [-0.1, -0.05) is 31.2 Å². The molecule has 20 heavy (non-hydrogen) atoms. The molecular weight excluding hydrogens is 261 g/mol. The van der Waals surface area contributed by atoms with Crippen LogP contribution in [0.2, 0.25) is 0 Å². The first-order chi connectivity index (χ1) is 9.52. The minimum atomic E-state index is -0.501. The minimum Gasteiger partial charge on any atom is -0.464 e. The summed E-state index contributed by atoms with van der Waals surface area (Å²) < 4.78 is 19.2. The fourth-order valence-corrected chi connectivity index (χ4v) is 2.01. The molecule has 0 bridgehead atoms. The largest absolute Gasteiger partial charge is 0.464 e. The Kier molecular flexibility index (Phi) is 4.12. The molecule has 2 aromatic rings. The Morgan fingerprint density at radius 3 is 2.55 bits per heavy atom. The molecule has 0 saturated heterocycles. The summed E-state index contributed by atoms with van der Waals surface area (Å²) in [5.74, 6) is -0.717. The molecule has 1 heterocycles. The van der Waals surface area contributed by atoms with Gasteiger partial charge in [0.1, 0.15) is 5.82 Å². The number of aromatic nitrogens is 3. The smallest absolute Gasteiger partial charge is 0.360 e. The molecule has 5 nitrogen and oxygen atoms in total. The third kappa shape index (κ3) is 2.84. The number of esters is 1. The van der Waals surface area contributed by atoms with Gasteiger partial charge in [0, 0.05) is 0 Å². The summed E-state index contributed by atoms with van der Waals surface area (Å²) in [4.78, 5) is 11.7. The average Bonchev–Trinajstić information content (AvgIpc) is 2.84. The monoisotopic (exact) mass is 277 g/mol. The van der Waals surface area contributed by atoms with Crippen LogP contribution in [0, 0.1) is 5.82 Å². The van der Waals surface area contributed by atoms with Crippen LogP contribution < -0.4 is 0 Å². The lowest BCUT2D eigenvalue weighted by molar-refractivity contribution is 0.0592. The van der Waals surface area contributed by atoms with Crippen LogP contribution in [0.25, 0.3) is 0 Å². The lowest BCUT2D eigenvalue weighted by Gasteiger charge is -2.10. The Balaban J connectivity index is 2.34. The molecule has 0 aliphatic heterocycles. The predicted molar refractivity (Wildman–Crippen MR) is 71.0 cm³/mol. The second-order valence-corrected chi connectivity index (χ2v) is 4.75. The quantitative estimate of drug-likeness (QED) is 0.805. The number of rotatable bonds is 4. The highest BCUT2D eigenvalue weighted by Gasteiger charge is 2.22. The highest BCUT2D eigenvalue weighted by Crippen LogP contribution is 2.19. The van der Waals surface area contributed by atoms with E-state index in [4.69, 9.17) is 4.74 Å². The SMILES string of the molecule is COC(=O)c1nnn(Cc2ccc(F)cc2)c1C(C)C. The van der Waals surface area contributed by atoms with Crippen LogP contribution in [0.5, 0.6) is 0 Å². The minimum absolute atomic E-state index is 0.0690. The number of benzene rings is 1. The topological polar surface area (TPSA) is 57.0 Å². The number of methoxy groups -OCH3 is 1. The van der Waals surface area contributed by atoms with Crippen molar-refractivity contribution >= 4 is 5.97 Å². The first-order valence-corrected chi connectivity index (χ1v) is 6.29. The highest BCUT2D eigenvalue weighted by molar-refractivity contribution is 5.88. The van der Waals surface area contributed by atoms with E-state index in [1.807, 2.05) is 13.8 Å². The van der Waals surface area contributed by atoms with Gasteiger partial charge in [-0.3, -0.25) is 0 Å². The molecule has 0 unspecified atom stereocenters. The Labute approximate surface area is 116 Å². The van der Waals surface area contributed by atoms with Crippen molar-refractivity contribution in [3.05, 3.63) is 47.0 Å². The second kappa shape index (κ2) is 5.81. The van der Waals surface area contributed by atoms with Crippen LogP contribution in [0.3, 0.4) is 0 Å². The molecule has 0 fully saturated rings. The zero-order valence-electron chi connectivity index (χ0n) is 11.6. The van der Waals surface area contributed by atoms with Gasteiger partial charge in [0.2, 0.25) is 0 Å². The summed E-state index contributed by atoms with van der Waals surface area (Å²) in [6, 6.07) is 6.14. The van der Waals surface area contributed by atoms with E-state index in [0.717, 1.165) is 5.56 Å². The number of halogens is 1. The fourth-order valence-electron chi connectivity index (χ4n) is 2.01. The van der Waals surface area contributed by atoms with Crippen LogP contribution in [0.4, 0.5) is 4.39 Å². The maximum atomic E-state index is 12.9. The summed E-state index contributed by atoms with van der Waals surface area (Å²) in [7, 11) is 1.31. The van der Waals surface area contributed by atoms with E-state index in [0.29, 0.717) is 12.2 Å². The summed E-state index contributed by atoms with van der Waals surface area (Å²) in [5, 5.41) is 7.88. The van der Waals surface area contributed by atoms with Crippen LogP contribution in [0.15, 0.2) is 24.3 Å². The first kappa shape index (κ1) is 14.2. The molecule has 0 spiro atoms. The van der Waals surface area contributed by atoms with Crippen molar-refractivity contribution < 1.29 is 13.9 Å². The van der Waals surface area contributed by atoms with Gasteiger partial charge in [-0.2, -0.15) is 0 Å². The Bertz CT molecular complexity index is 605. The number of carbonyl (C=O) groups excluding carboxylic acids is 1. The van der Waals surface area contributed by atoms with Crippen molar-refractivity contribution in [2.45, 2.75) is 26.3 Å². The third-order valence-corrected chi connectivity index (χ3v) is 2.94. The molecule has 0 amide bonds. The van der Waals surface area contributed by atoms with Gasteiger partial charge in [0.15, 0.2) is 5.69 Å². The molecule has 106 valence electrons. The summed E-state index contributed by atoms with van der Waals surface area (Å²) >= 11 is 0. The van der Waals surface area contributed by atoms with Gasteiger partial charge < -0.3 is 4.74 Å². The van der Waals surface area contributed by atoms with E-state index in [1.54, 1.807) is 16.8 Å². The maximum Gasteiger partial charge on any atom is 0.360 e. The van der Waals surface area contributed by atoms with Gasteiger partial charge >= 0.3 is 5.97 Å². The Morgan fingerprint density at radius 1 is 1.35 bits per heavy atom. The Morgan fingerprint density at radius 2 is 2.00 bits per heavy atom. The first-order valence-electron chi connectivity index (χ1n) is 6.29. The van der Waals surface area contributed by atoms with Crippen molar-refractivity contribution in [1.29, 1.82) is 0 Å². The molecule has 1 aromatic heterocycles.